The Morgan fingerprint density at radius 3 is 2.22 bits per heavy atom. The Morgan fingerprint density at radius 1 is 1.00 bits per heavy atom. The second kappa shape index (κ2) is 7.73. The Balaban J connectivity index is 1.66. The van der Waals surface area contributed by atoms with E-state index < -0.39 is 5.60 Å². The van der Waals surface area contributed by atoms with Gasteiger partial charge < -0.3 is 4.74 Å². The van der Waals surface area contributed by atoms with Crippen LogP contribution in [0.4, 0.5) is 10.5 Å². The SMILES string of the molecule is CC1(OC(=O)Nc2ccccc2-c2ccccc2)CCN(C(C)(C)C)CC1. The maximum absolute atomic E-state index is 12.6. The number of ether oxygens (including phenoxy) is 1. The van der Waals surface area contributed by atoms with Crippen LogP contribution in [0.3, 0.4) is 0 Å². The fourth-order valence-electron chi connectivity index (χ4n) is 3.57. The quantitative estimate of drug-likeness (QED) is 0.774. The average Bonchev–Trinajstić information content (AvgIpc) is 2.62. The summed E-state index contributed by atoms with van der Waals surface area (Å²) < 4.78 is 5.86. The summed E-state index contributed by atoms with van der Waals surface area (Å²) in [4.78, 5) is 15.0. The first-order valence-corrected chi connectivity index (χ1v) is 9.66. The molecule has 0 spiro atoms. The van der Waals surface area contributed by atoms with Crippen molar-refractivity contribution in [2.75, 3.05) is 18.4 Å². The van der Waals surface area contributed by atoms with Gasteiger partial charge >= 0.3 is 6.09 Å². The van der Waals surface area contributed by atoms with Crippen molar-refractivity contribution >= 4 is 11.8 Å². The standard InChI is InChI=1S/C23H30N2O2/c1-22(2,3)25-16-14-23(4,15-17-25)27-21(26)24-20-13-9-8-12-19(20)18-10-6-5-7-11-18/h5-13H,14-17H2,1-4H3,(H,24,26). The molecule has 1 amide bonds. The molecule has 0 bridgehead atoms. The highest BCUT2D eigenvalue weighted by atomic mass is 16.6. The molecule has 3 rings (SSSR count). The number of amides is 1. The van der Waals surface area contributed by atoms with E-state index in [0.717, 1.165) is 42.7 Å². The van der Waals surface area contributed by atoms with Crippen LogP contribution >= 0.6 is 0 Å². The van der Waals surface area contributed by atoms with Gasteiger partial charge in [-0.15, -0.1) is 0 Å². The van der Waals surface area contributed by atoms with E-state index in [2.05, 4.69) is 31.0 Å². The van der Waals surface area contributed by atoms with Crippen LogP contribution in [-0.4, -0.2) is 35.2 Å². The van der Waals surface area contributed by atoms with E-state index in [9.17, 15) is 4.79 Å². The molecule has 144 valence electrons. The molecule has 27 heavy (non-hydrogen) atoms. The summed E-state index contributed by atoms with van der Waals surface area (Å²) in [5, 5.41) is 2.95. The molecule has 1 aliphatic rings. The molecule has 2 aromatic carbocycles. The van der Waals surface area contributed by atoms with Crippen molar-refractivity contribution in [3.05, 3.63) is 54.6 Å². The van der Waals surface area contributed by atoms with Crippen molar-refractivity contribution in [3.8, 4) is 11.1 Å². The van der Waals surface area contributed by atoms with Gasteiger partial charge in [-0.2, -0.15) is 0 Å². The van der Waals surface area contributed by atoms with Crippen LogP contribution in [0, 0.1) is 0 Å². The van der Waals surface area contributed by atoms with Gasteiger partial charge in [0.25, 0.3) is 0 Å². The summed E-state index contributed by atoms with van der Waals surface area (Å²) in [6, 6.07) is 17.9. The summed E-state index contributed by atoms with van der Waals surface area (Å²) in [7, 11) is 0. The number of likely N-dealkylation sites (tertiary alicyclic amines) is 1. The van der Waals surface area contributed by atoms with Crippen LogP contribution in [0.1, 0.15) is 40.5 Å². The highest BCUT2D eigenvalue weighted by Gasteiger charge is 2.36. The molecule has 1 saturated heterocycles. The van der Waals surface area contributed by atoms with E-state index >= 15 is 0 Å². The number of piperidine rings is 1. The van der Waals surface area contributed by atoms with E-state index in [1.165, 1.54) is 0 Å². The Labute approximate surface area is 162 Å². The normalized spacial score (nSPS) is 17.3. The largest absolute Gasteiger partial charge is 0.443 e. The third kappa shape index (κ3) is 4.89. The number of para-hydroxylation sites is 1. The highest BCUT2D eigenvalue weighted by molar-refractivity contribution is 5.91. The predicted octanol–water partition coefficient (Wildman–Crippen LogP) is 5.56. The van der Waals surface area contributed by atoms with Gasteiger partial charge in [-0.05, 0) is 52.2 Å². The molecule has 1 aliphatic heterocycles. The van der Waals surface area contributed by atoms with Crippen molar-refractivity contribution in [2.24, 2.45) is 0 Å². The molecule has 1 N–H and O–H groups in total. The van der Waals surface area contributed by atoms with Crippen molar-refractivity contribution in [2.45, 2.75) is 51.7 Å². The highest BCUT2D eigenvalue weighted by Crippen LogP contribution is 2.31. The number of benzene rings is 2. The topological polar surface area (TPSA) is 41.6 Å². The lowest BCUT2D eigenvalue weighted by Crippen LogP contribution is -2.52. The predicted molar refractivity (Wildman–Crippen MR) is 111 cm³/mol. The van der Waals surface area contributed by atoms with Gasteiger partial charge in [0.1, 0.15) is 5.60 Å². The fraction of sp³-hybridized carbons (Fsp3) is 0.435. The molecule has 0 aromatic heterocycles. The van der Waals surface area contributed by atoms with E-state index in [1.54, 1.807) is 0 Å². The fourth-order valence-corrected chi connectivity index (χ4v) is 3.57. The van der Waals surface area contributed by atoms with Crippen LogP contribution in [0.2, 0.25) is 0 Å². The zero-order valence-corrected chi connectivity index (χ0v) is 16.8. The molecule has 4 nitrogen and oxygen atoms in total. The van der Waals surface area contributed by atoms with Crippen molar-refractivity contribution < 1.29 is 9.53 Å². The second-order valence-electron chi connectivity index (χ2n) is 8.53. The number of carbonyl (C=O) groups excluding carboxylic acids is 1. The monoisotopic (exact) mass is 366 g/mol. The summed E-state index contributed by atoms with van der Waals surface area (Å²) in [6.45, 7) is 10.6. The molecular weight excluding hydrogens is 336 g/mol. The first-order chi connectivity index (χ1) is 12.8. The summed E-state index contributed by atoms with van der Waals surface area (Å²) >= 11 is 0. The zero-order valence-electron chi connectivity index (χ0n) is 16.8. The van der Waals surface area contributed by atoms with Crippen LogP contribution < -0.4 is 5.32 Å². The lowest BCUT2D eigenvalue weighted by Gasteiger charge is -2.44. The number of hydrogen-bond donors (Lipinski definition) is 1. The summed E-state index contributed by atoms with van der Waals surface area (Å²) in [6.07, 6.45) is 1.31. The molecule has 0 unspecified atom stereocenters. The van der Waals surface area contributed by atoms with Gasteiger partial charge in [0.05, 0.1) is 5.69 Å². The van der Waals surface area contributed by atoms with Crippen molar-refractivity contribution in [1.82, 2.24) is 4.90 Å². The third-order valence-electron chi connectivity index (χ3n) is 5.36. The Hall–Kier alpha value is -2.33. The first kappa shape index (κ1) is 19.4. The van der Waals surface area contributed by atoms with Crippen LogP contribution in [-0.2, 0) is 4.74 Å². The molecule has 0 radical (unpaired) electrons. The Bertz CT molecular complexity index is 772. The van der Waals surface area contributed by atoms with E-state index in [-0.39, 0.29) is 11.6 Å². The molecule has 1 fully saturated rings. The summed E-state index contributed by atoms with van der Waals surface area (Å²) in [5.41, 5.74) is 2.55. The number of hydrogen-bond acceptors (Lipinski definition) is 3. The zero-order chi connectivity index (χ0) is 19.5. The van der Waals surface area contributed by atoms with E-state index in [4.69, 9.17) is 4.74 Å². The number of carbonyl (C=O) groups is 1. The first-order valence-electron chi connectivity index (χ1n) is 9.66. The molecule has 2 aromatic rings. The molecule has 0 aliphatic carbocycles. The van der Waals surface area contributed by atoms with E-state index in [1.807, 2.05) is 61.5 Å². The average molecular weight is 367 g/mol. The van der Waals surface area contributed by atoms with Gasteiger partial charge in [-0.1, -0.05) is 48.5 Å². The van der Waals surface area contributed by atoms with Gasteiger partial charge in [0.2, 0.25) is 0 Å². The molecular formula is C23H30N2O2. The van der Waals surface area contributed by atoms with Gasteiger partial charge in [-0.3, -0.25) is 10.2 Å². The van der Waals surface area contributed by atoms with Crippen LogP contribution in [0.15, 0.2) is 54.6 Å². The van der Waals surface area contributed by atoms with Crippen molar-refractivity contribution in [1.29, 1.82) is 0 Å². The molecule has 1 heterocycles. The van der Waals surface area contributed by atoms with Gasteiger partial charge in [-0.25, -0.2) is 4.79 Å². The second-order valence-corrected chi connectivity index (χ2v) is 8.53. The molecule has 0 atom stereocenters. The number of nitrogens with one attached hydrogen (secondary N) is 1. The maximum atomic E-state index is 12.6. The number of nitrogens with zero attached hydrogens (tertiary/aromatic N) is 1. The van der Waals surface area contributed by atoms with Crippen LogP contribution in [0.25, 0.3) is 11.1 Å². The third-order valence-corrected chi connectivity index (χ3v) is 5.36. The minimum absolute atomic E-state index is 0.151. The summed E-state index contributed by atoms with van der Waals surface area (Å²) in [5.74, 6) is 0. The Kier molecular flexibility index (Phi) is 5.56. The number of rotatable bonds is 3. The lowest BCUT2D eigenvalue weighted by molar-refractivity contribution is -0.0351. The minimum atomic E-state index is -0.423. The van der Waals surface area contributed by atoms with E-state index in [0.29, 0.717) is 0 Å². The molecule has 0 saturated carbocycles. The maximum Gasteiger partial charge on any atom is 0.412 e. The smallest absolute Gasteiger partial charge is 0.412 e. The van der Waals surface area contributed by atoms with Gasteiger partial charge in [0.15, 0.2) is 0 Å². The lowest BCUT2D eigenvalue weighted by atomic mass is 9.90. The minimum Gasteiger partial charge on any atom is -0.443 e. The number of anilines is 1. The molecule has 4 heteroatoms. The van der Waals surface area contributed by atoms with Crippen LogP contribution in [0.5, 0.6) is 0 Å². The Morgan fingerprint density at radius 2 is 1.59 bits per heavy atom. The van der Waals surface area contributed by atoms with Crippen molar-refractivity contribution in [3.63, 3.8) is 0 Å². The van der Waals surface area contributed by atoms with Gasteiger partial charge in [0, 0.05) is 24.2 Å².